The summed E-state index contributed by atoms with van der Waals surface area (Å²) in [6.07, 6.45) is 1.56. The molecule has 1 amide bonds. The van der Waals surface area contributed by atoms with Crippen LogP contribution in [-0.2, 0) is 6.18 Å². The van der Waals surface area contributed by atoms with E-state index in [2.05, 4.69) is 15.1 Å². The fourth-order valence-electron chi connectivity index (χ4n) is 4.13. The molecule has 164 valence electrons. The van der Waals surface area contributed by atoms with E-state index in [1.54, 1.807) is 11.0 Å². The molecular weight excluding hydrogens is 421 g/mol. The molecule has 32 heavy (non-hydrogen) atoms. The number of rotatable bonds is 3. The van der Waals surface area contributed by atoms with Crippen LogP contribution in [0.15, 0.2) is 61.2 Å². The van der Waals surface area contributed by atoms with Gasteiger partial charge in [0.05, 0.1) is 5.69 Å². The smallest absolute Gasteiger partial charge is 0.338 e. The molecule has 1 atom stereocenters. The molecule has 1 aliphatic rings. The molecule has 1 aliphatic heterocycles. The zero-order chi connectivity index (χ0) is 22.3. The van der Waals surface area contributed by atoms with Crippen molar-refractivity contribution in [2.24, 2.45) is 0 Å². The Morgan fingerprint density at radius 2 is 1.91 bits per heavy atom. The Labute approximate surface area is 181 Å². The van der Waals surface area contributed by atoms with E-state index in [1.807, 2.05) is 47.3 Å². The second-order valence-corrected chi connectivity index (χ2v) is 7.77. The van der Waals surface area contributed by atoms with Gasteiger partial charge in [-0.15, -0.1) is 0 Å². The first-order chi connectivity index (χ1) is 15.4. The minimum Gasteiger partial charge on any atom is -0.338 e. The van der Waals surface area contributed by atoms with Gasteiger partial charge in [-0.2, -0.15) is 27.8 Å². The Bertz CT molecular complexity index is 1260. The van der Waals surface area contributed by atoms with Crippen LogP contribution < -0.4 is 0 Å². The van der Waals surface area contributed by atoms with Crippen LogP contribution in [0.1, 0.15) is 40.5 Å². The molecule has 7 nitrogen and oxygen atoms in total. The molecule has 1 aromatic carbocycles. The number of carbonyl (C=O) groups is 1. The molecule has 1 fully saturated rings. The zero-order valence-corrected chi connectivity index (χ0v) is 16.9. The van der Waals surface area contributed by atoms with Crippen LogP contribution in [0.5, 0.6) is 0 Å². The summed E-state index contributed by atoms with van der Waals surface area (Å²) in [6.45, 7) is 0.837. The molecule has 1 saturated heterocycles. The first kappa shape index (κ1) is 20.2. The highest BCUT2D eigenvalue weighted by atomic mass is 19.4. The predicted molar refractivity (Wildman–Crippen MR) is 109 cm³/mol. The lowest BCUT2D eigenvalue weighted by Gasteiger charge is -2.33. The van der Waals surface area contributed by atoms with E-state index in [0.29, 0.717) is 36.0 Å². The summed E-state index contributed by atoms with van der Waals surface area (Å²) in [6, 6.07) is 12.1. The topological polar surface area (TPSA) is 68.3 Å². The van der Waals surface area contributed by atoms with Crippen molar-refractivity contribution in [2.75, 3.05) is 13.1 Å². The standard InChI is InChI=1S/C22H19F3N6O/c23-22(24,25)19-12-18(28-21-26-14-27-31(19)21)16-6-4-10-30(13-16)20(32)15-5-3-7-17(11-15)29-8-1-2-9-29/h1-3,5,7-9,11-12,14,16H,4,6,10,13H2/t16-/m1/s1. The first-order valence-corrected chi connectivity index (χ1v) is 10.2. The number of amides is 1. The Morgan fingerprint density at radius 3 is 2.69 bits per heavy atom. The average molecular weight is 440 g/mol. The largest absolute Gasteiger partial charge is 0.433 e. The van der Waals surface area contributed by atoms with Crippen LogP contribution in [0.4, 0.5) is 13.2 Å². The normalized spacial score (nSPS) is 17.1. The first-order valence-electron chi connectivity index (χ1n) is 10.2. The zero-order valence-electron chi connectivity index (χ0n) is 16.9. The maximum atomic E-state index is 13.5. The summed E-state index contributed by atoms with van der Waals surface area (Å²) >= 11 is 0. The van der Waals surface area contributed by atoms with Crippen molar-refractivity contribution in [3.8, 4) is 5.69 Å². The summed E-state index contributed by atoms with van der Waals surface area (Å²) < 4.78 is 43.2. The molecule has 0 spiro atoms. The molecule has 0 bridgehead atoms. The number of piperidine rings is 1. The van der Waals surface area contributed by atoms with Crippen molar-refractivity contribution in [3.05, 3.63) is 78.1 Å². The lowest BCUT2D eigenvalue weighted by atomic mass is 9.93. The van der Waals surface area contributed by atoms with Crippen molar-refractivity contribution >= 4 is 11.7 Å². The Balaban J connectivity index is 1.42. The number of hydrogen-bond donors (Lipinski definition) is 0. The molecule has 4 aromatic rings. The number of likely N-dealkylation sites (tertiary alicyclic amines) is 1. The third kappa shape index (κ3) is 3.72. The van der Waals surface area contributed by atoms with Crippen molar-refractivity contribution < 1.29 is 18.0 Å². The van der Waals surface area contributed by atoms with Gasteiger partial charge in [-0.05, 0) is 49.2 Å². The molecule has 0 aliphatic carbocycles. The van der Waals surface area contributed by atoms with E-state index < -0.39 is 11.9 Å². The summed E-state index contributed by atoms with van der Waals surface area (Å²) in [5.74, 6) is -0.566. The number of aromatic nitrogens is 5. The maximum absolute atomic E-state index is 13.5. The maximum Gasteiger partial charge on any atom is 0.433 e. The minimum absolute atomic E-state index is 0.0994. The van der Waals surface area contributed by atoms with Gasteiger partial charge in [-0.1, -0.05) is 6.07 Å². The fourth-order valence-corrected chi connectivity index (χ4v) is 4.13. The highest BCUT2D eigenvalue weighted by molar-refractivity contribution is 5.94. The molecule has 0 radical (unpaired) electrons. The van der Waals surface area contributed by atoms with Gasteiger partial charge in [-0.3, -0.25) is 4.79 Å². The van der Waals surface area contributed by atoms with Gasteiger partial charge in [0.15, 0.2) is 5.69 Å². The molecular formula is C22H19F3N6O. The number of fused-ring (bicyclic) bond motifs is 1. The quantitative estimate of drug-likeness (QED) is 0.484. The second kappa shape index (κ2) is 7.77. The Kier molecular flexibility index (Phi) is 4.91. The van der Waals surface area contributed by atoms with Gasteiger partial charge in [0.25, 0.3) is 11.7 Å². The van der Waals surface area contributed by atoms with E-state index in [4.69, 9.17) is 0 Å². The van der Waals surface area contributed by atoms with Crippen molar-refractivity contribution in [2.45, 2.75) is 24.9 Å². The molecule has 0 unspecified atom stereocenters. The lowest BCUT2D eigenvalue weighted by Crippen LogP contribution is -2.39. The molecule has 0 N–H and O–H groups in total. The van der Waals surface area contributed by atoms with Crippen molar-refractivity contribution in [3.63, 3.8) is 0 Å². The van der Waals surface area contributed by atoms with Crippen LogP contribution in [0.2, 0.25) is 0 Å². The number of benzene rings is 1. The van der Waals surface area contributed by atoms with Crippen LogP contribution >= 0.6 is 0 Å². The number of nitrogens with zero attached hydrogens (tertiary/aromatic N) is 6. The van der Waals surface area contributed by atoms with Gasteiger partial charge in [0.1, 0.15) is 6.33 Å². The van der Waals surface area contributed by atoms with Crippen LogP contribution in [0.3, 0.4) is 0 Å². The van der Waals surface area contributed by atoms with E-state index >= 15 is 0 Å². The number of halogens is 3. The third-order valence-electron chi connectivity index (χ3n) is 5.68. The van der Waals surface area contributed by atoms with Crippen LogP contribution in [0.25, 0.3) is 11.5 Å². The number of alkyl halides is 3. The Morgan fingerprint density at radius 1 is 1.09 bits per heavy atom. The van der Waals surface area contributed by atoms with E-state index in [1.165, 1.54) is 0 Å². The summed E-state index contributed by atoms with van der Waals surface area (Å²) in [5, 5.41) is 3.64. The van der Waals surface area contributed by atoms with E-state index in [-0.39, 0.29) is 23.3 Å². The monoisotopic (exact) mass is 440 g/mol. The molecule has 0 saturated carbocycles. The second-order valence-electron chi connectivity index (χ2n) is 7.77. The van der Waals surface area contributed by atoms with Crippen LogP contribution in [-0.4, -0.2) is 48.0 Å². The molecule has 10 heteroatoms. The van der Waals surface area contributed by atoms with E-state index in [0.717, 1.165) is 18.1 Å². The van der Waals surface area contributed by atoms with Gasteiger partial charge >= 0.3 is 6.18 Å². The van der Waals surface area contributed by atoms with Gasteiger partial charge in [0, 0.05) is 42.7 Å². The summed E-state index contributed by atoms with van der Waals surface area (Å²) in [7, 11) is 0. The predicted octanol–water partition coefficient (Wildman–Crippen LogP) is 3.95. The van der Waals surface area contributed by atoms with Crippen LogP contribution in [0, 0.1) is 0 Å². The van der Waals surface area contributed by atoms with Crippen molar-refractivity contribution in [1.29, 1.82) is 0 Å². The third-order valence-corrected chi connectivity index (χ3v) is 5.68. The highest BCUT2D eigenvalue weighted by Crippen LogP contribution is 2.33. The summed E-state index contributed by atoms with van der Waals surface area (Å²) in [5.41, 5.74) is 0.756. The van der Waals surface area contributed by atoms with Gasteiger partial charge in [0.2, 0.25) is 0 Å². The SMILES string of the molecule is O=C(c1cccc(-n2cccc2)c1)N1CCC[C@@H](c2cc(C(F)(F)F)n3ncnc3n2)C1. The minimum atomic E-state index is -4.59. The van der Waals surface area contributed by atoms with Gasteiger partial charge in [-0.25, -0.2) is 4.98 Å². The average Bonchev–Trinajstić information content (AvgIpc) is 3.49. The lowest BCUT2D eigenvalue weighted by molar-refractivity contribution is -0.142. The molecule has 4 heterocycles. The van der Waals surface area contributed by atoms with Crippen molar-refractivity contribution in [1.82, 2.24) is 29.0 Å². The molecule has 5 rings (SSSR count). The highest BCUT2D eigenvalue weighted by Gasteiger charge is 2.36. The summed E-state index contributed by atoms with van der Waals surface area (Å²) in [4.78, 5) is 23.0. The fraction of sp³-hybridized carbons (Fsp3) is 0.273. The molecule has 3 aromatic heterocycles. The Hall–Kier alpha value is -3.69. The number of hydrogen-bond acceptors (Lipinski definition) is 4. The van der Waals surface area contributed by atoms with E-state index in [9.17, 15) is 18.0 Å². The van der Waals surface area contributed by atoms with Gasteiger partial charge < -0.3 is 9.47 Å². The number of carbonyl (C=O) groups excluding carboxylic acids is 1.